The van der Waals surface area contributed by atoms with E-state index in [4.69, 9.17) is 5.26 Å². The van der Waals surface area contributed by atoms with Gasteiger partial charge >= 0.3 is 0 Å². The third-order valence-electron chi connectivity index (χ3n) is 2.38. The Hall–Kier alpha value is -2.01. The highest BCUT2D eigenvalue weighted by Crippen LogP contribution is 2.08. The fourth-order valence-electron chi connectivity index (χ4n) is 1.66. The van der Waals surface area contributed by atoms with Gasteiger partial charge in [0.05, 0.1) is 0 Å². The lowest BCUT2D eigenvalue weighted by Crippen LogP contribution is -2.00. The molecule has 0 bridgehead atoms. The van der Waals surface area contributed by atoms with E-state index in [9.17, 15) is 0 Å². The van der Waals surface area contributed by atoms with Crippen LogP contribution in [0.1, 0.15) is 16.8 Å². The highest BCUT2D eigenvalue weighted by atomic mass is 15.0. The van der Waals surface area contributed by atoms with Gasteiger partial charge in [-0.3, -0.25) is 0 Å². The van der Waals surface area contributed by atoms with Crippen molar-refractivity contribution in [1.82, 2.24) is 4.57 Å². The summed E-state index contributed by atoms with van der Waals surface area (Å²) in [5.41, 5.74) is 3.18. The maximum absolute atomic E-state index is 8.87. The van der Waals surface area contributed by atoms with E-state index in [1.807, 2.05) is 29.0 Å². The molecule has 0 aliphatic heterocycles. The average Bonchev–Trinajstić information content (AvgIpc) is 2.65. The first-order valence-electron chi connectivity index (χ1n) is 4.90. The fourth-order valence-corrected chi connectivity index (χ4v) is 1.66. The van der Waals surface area contributed by atoms with Crippen LogP contribution >= 0.6 is 0 Å². The zero-order chi connectivity index (χ0) is 10.7. The summed E-state index contributed by atoms with van der Waals surface area (Å²) in [7, 11) is 0. The van der Waals surface area contributed by atoms with Crippen LogP contribution < -0.4 is 0 Å². The molecule has 0 saturated carbocycles. The van der Waals surface area contributed by atoms with E-state index in [1.54, 1.807) is 0 Å². The van der Waals surface area contributed by atoms with Crippen molar-refractivity contribution in [2.75, 3.05) is 0 Å². The van der Waals surface area contributed by atoms with Gasteiger partial charge in [0.15, 0.2) is 0 Å². The van der Waals surface area contributed by atoms with Gasteiger partial charge in [0, 0.05) is 12.7 Å². The molecule has 15 heavy (non-hydrogen) atoms. The topological polar surface area (TPSA) is 28.7 Å². The van der Waals surface area contributed by atoms with Crippen molar-refractivity contribution in [1.29, 1.82) is 5.26 Å². The van der Waals surface area contributed by atoms with E-state index in [1.165, 1.54) is 11.1 Å². The predicted molar refractivity (Wildman–Crippen MR) is 59.4 cm³/mol. The minimum Gasteiger partial charge on any atom is -0.335 e. The minimum absolute atomic E-state index is 0.705. The lowest BCUT2D eigenvalue weighted by atomic mass is 10.1. The molecule has 0 amide bonds. The highest BCUT2D eigenvalue weighted by molar-refractivity contribution is 5.26. The van der Waals surface area contributed by atoms with Crippen LogP contribution in [0.5, 0.6) is 0 Å². The Bertz CT molecular complexity index is 503. The van der Waals surface area contributed by atoms with Crippen LogP contribution in [0.25, 0.3) is 0 Å². The van der Waals surface area contributed by atoms with E-state index in [0.29, 0.717) is 5.69 Å². The van der Waals surface area contributed by atoms with Crippen LogP contribution in [0.3, 0.4) is 0 Å². The van der Waals surface area contributed by atoms with Crippen LogP contribution in [0, 0.1) is 18.3 Å². The number of benzene rings is 1. The second-order valence-corrected chi connectivity index (χ2v) is 3.62. The molecule has 0 fully saturated rings. The summed E-state index contributed by atoms with van der Waals surface area (Å²) in [6.07, 6.45) is 1.93. The standard InChI is InChI=1S/C13H12N2/c1-11-4-2-5-12(8-11)10-15-7-3-6-13(15)9-14/h2-8H,10H2,1H3. The normalized spacial score (nSPS) is 9.87. The zero-order valence-corrected chi connectivity index (χ0v) is 8.64. The molecule has 0 unspecified atom stereocenters. The van der Waals surface area contributed by atoms with Crippen molar-refractivity contribution in [3.63, 3.8) is 0 Å². The number of aromatic nitrogens is 1. The Labute approximate surface area is 89.4 Å². The van der Waals surface area contributed by atoms with Crippen LogP contribution in [-0.2, 0) is 6.54 Å². The van der Waals surface area contributed by atoms with Gasteiger partial charge in [-0.25, -0.2) is 0 Å². The van der Waals surface area contributed by atoms with Crippen LogP contribution in [0.15, 0.2) is 42.6 Å². The molecule has 0 radical (unpaired) electrons. The Morgan fingerprint density at radius 1 is 1.27 bits per heavy atom. The Kier molecular flexibility index (Phi) is 2.55. The van der Waals surface area contributed by atoms with Crippen LogP contribution in [0.2, 0.25) is 0 Å². The van der Waals surface area contributed by atoms with Gasteiger partial charge in [0.25, 0.3) is 0 Å². The second-order valence-electron chi connectivity index (χ2n) is 3.62. The van der Waals surface area contributed by atoms with Crippen molar-refractivity contribution < 1.29 is 0 Å². The Balaban J connectivity index is 2.26. The first-order chi connectivity index (χ1) is 7.29. The molecule has 2 aromatic rings. The summed E-state index contributed by atoms with van der Waals surface area (Å²) < 4.78 is 1.95. The first kappa shape index (κ1) is 9.54. The molecular weight excluding hydrogens is 184 g/mol. The molecule has 2 nitrogen and oxygen atoms in total. The van der Waals surface area contributed by atoms with Gasteiger partial charge in [-0.1, -0.05) is 29.8 Å². The Morgan fingerprint density at radius 2 is 2.13 bits per heavy atom. The van der Waals surface area contributed by atoms with Gasteiger partial charge in [-0.2, -0.15) is 5.26 Å². The van der Waals surface area contributed by atoms with Gasteiger partial charge in [0.2, 0.25) is 0 Å². The number of aryl methyl sites for hydroxylation is 1. The molecule has 0 spiro atoms. The molecule has 2 rings (SSSR count). The van der Waals surface area contributed by atoms with E-state index in [-0.39, 0.29) is 0 Å². The highest BCUT2D eigenvalue weighted by Gasteiger charge is 2.00. The molecule has 0 saturated heterocycles. The smallest absolute Gasteiger partial charge is 0.120 e. The van der Waals surface area contributed by atoms with Crippen LogP contribution in [0.4, 0.5) is 0 Å². The largest absolute Gasteiger partial charge is 0.335 e. The lowest BCUT2D eigenvalue weighted by Gasteiger charge is -2.05. The lowest BCUT2D eigenvalue weighted by molar-refractivity contribution is 0.793. The molecule has 74 valence electrons. The van der Waals surface area contributed by atoms with Crippen molar-refractivity contribution in [2.24, 2.45) is 0 Å². The molecule has 0 aliphatic rings. The predicted octanol–water partition coefficient (Wildman–Crippen LogP) is 2.72. The summed E-state index contributed by atoms with van der Waals surface area (Å²) in [6, 6.07) is 14.2. The molecule has 0 N–H and O–H groups in total. The SMILES string of the molecule is Cc1cccc(Cn2cccc2C#N)c1. The maximum Gasteiger partial charge on any atom is 0.120 e. The Morgan fingerprint density at radius 3 is 2.87 bits per heavy atom. The summed E-state index contributed by atoms with van der Waals surface area (Å²) >= 11 is 0. The number of nitrogens with zero attached hydrogens (tertiary/aromatic N) is 2. The molecule has 0 atom stereocenters. The average molecular weight is 196 g/mol. The first-order valence-corrected chi connectivity index (χ1v) is 4.90. The van der Waals surface area contributed by atoms with E-state index < -0.39 is 0 Å². The monoisotopic (exact) mass is 196 g/mol. The summed E-state index contributed by atoms with van der Waals surface area (Å²) in [5, 5.41) is 8.87. The molecular formula is C13H12N2. The number of hydrogen-bond donors (Lipinski definition) is 0. The fraction of sp³-hybridized carbons (Fsp3) is 0.154. The molecule has 2 heteroatoms. The van der Waals surface area contributed by atoms with Crippen molar-refractivity contribution in [3.05, 3.63) is 59.4 Å². The number of hydrogen-bond acceptors (Lipinski definition) is 1. The van der Waals surface area contributed by atoms with E-state index in [2.05, 4.69) is 31.2 Å². The molecule has 1 aromatic heterocycles. The third kappa shape index (κ3) is 2.08. The van der Waals surface area contributed by atoms with Crippen molar-refractivity contribution in [2.45, 2.75) is 13.5 Å². The maximum atomic E-state index is 8.87. The summed E-state index contributed by atoms with van der Waals surface area (Å²) in [6.45, 7) is 2.84. The summed E-state index contributed by atoms with van der Waals surface area (Å²) in [4.78, 5) is 0. The van der Waals surface area contributed by atoms with Crippen molar-refractivity contribution in [3.8, 4) is 6.07 Å². The van der Waals surface area contributed by atoms with Gasteiger partial charge in [-0.15, -0.1) is 0 Å². The number of nitriles is 1. The minimum atomic E-state index is 0.705. The van der Waals surface area contributed by atoms with Crippen LogP contribution in [-0.4, -0.2) is 4.57 Å². The van der Waals surface area contributed by atoms with E-state index >= 15 is 0 Å². The third-order valence-corrected chi connectivity index (χ3v) is 2.38. The molecule has 1 heterocycles. The zero-order valence-electron chi connectivity index (χ0n) is 8.64. The van der Waals surface area contributed by atoms with Gasteiger partial charge in [0.1, 0.15) is 11.8 Å². The molecule has 1 aromatic carbocycles. The summed E-state index contributed by atoms with van der Waals surface area (Å²) in [5.74, 6) is 0. The van der Waals surface area contributed by atoms with Gasteiger partial charge < -0.3 is 4.57 Å². The molecule has 0 aliphatic carbocycles. The quantitative estimate of drug-likeness (QED) is 0.726. The number of rotatable bonds is 2. The second kappa shape index (κ2) is 4.02. The van der Waals surface area contributed by atoms with Crippen molar-refractivity contribution >= 4 is 0 Å². The van der Waals surface area contributed by atoms with E-state index in [0.717, 1.165) is 6.54 Å². The van der Waals surface area contributed by atoms with Gasteiger partial charge in [-0.05, 0) is 24.6 Å².